The second kappa shape index (κ2) is 14.7. The lowest BCUT2D eigenvalue weighted by molar-refractivity contribution is 0.668. The zero-order chi connectivity index (χ0) is 33.4. The number of furan rings is 1. The van der Waals surface area contributed by atoms with E-state index in [0.29, 0.717) is 6.54 Å². The summed E-state index contributed by atoms with van der Waals surface area (Å²) in [5.74, 6) is 0. The fourth-order valence-electron chi connectivity index (χ4n) is 6.07. The van der Waals surface area contributed by atoms with Gasteiger partial charge in [0.05, 0.1) is 0 Å². The molecule has 0 unspecified atom stereocenters. The summed E-state index contributed by atoms with van der Waals surface area (Å²) in [5.41, 5.74) is 25.3. The Kier molecular flexibility index (Phi) is 9.45. The van der Waals surface area contributed by atoms with Crippen molar-refractivity contribution in [2.45, 2.75) is 13.0 Å². The molecule has 4 N–H and O–H groups in total. The molecule has 0 aliphatic heterocycles. The Hall–Kier alpha value is -6.16. The maximum Gasteiger partial charge on any atom is 0.135 e. The molecule has 1 aromatic heterocycles. The number of rotatable bonds is 7. The van der Waals surface area contributed by atoms with E-state index >= 15 is 0 Å². The van der Waals surface area contributed by atoms with Gasteiger partial charge in [-0.05, 0) is 74.7 Å². The zero-order valence-corrected chi connectivity index (χ0v) is 27.3. The van der Waals surface area contributed by atoms with Gasteiger partial charge in [0.25, 0.3) is 0 Å². The molecule has 0 aliphatic carbocycles. The van der Waals surface area contributed by atoms with E-state index in [1.807, 2.05) is 42.5 Å². The van der Waals surface area contributed by atoms with Crippen molar-refractivity contribution in [3.63, 3.8) is 0 Å². The van der Waals surface area contributed by atoms with Gasteiger partial charge in [-0.15, -0.1) is 0 Å². The average Bonchev–Trinajstić information content (AvgIpc) is 3.56. The second-order valence-corrected chi connectivity index (χ2v) is 12.1. The lowest BCUT2D eigenvalue weighted by Crippen LogP contribution is -1.97. The molecule has 8 rings (SSSR count). The molecule has 3 heteroatoms. The molecule has 0 bridgehead atoms. The van der Waals surface area contributed by atoms with Crippen molar-refractivity contribution in [3.8, 4) is 33.4 Å². The van der Waals surface area contributed by atoms with E-state index in [0.717, 1.165) is 45.2 Å². The first kappa shape index (κ1) is 31.4. The predicted molar refractivity (Wildman–Crippen MR) is 207 cm³/mol. The number of benzene rings is 7. The van der Waals surface area contributed by atoms with E-state index in [1.54, 1.807) is 0 Å². The Morgan fingerprint density at radius 1 is 0.449 bits per heavy atom. The molecular weight excluding hydrogens is 597 g/mol. The summed E-state index contributed by atoms with van der Waals surface area (Å²) in [4.78, 5) is 0. The topological polar surface area (TPSA) is 65.2 Å². The summed E-state index contributed by atoms with van der Waals surface area (Å²) in [6.45, 7) is 0.606. The Balaban J connectivity index is 0.000000226. The highest BCUT2D eigenvalue weighted by Gasteiger charge is 2.07. The molecule has 7 aromatic carbocycles. The Labute approximate surface area is 287 Å². The van der Waals surface area contributed by atoms with Crippen molar-refractivity contribution in [3.05, 3.63) is 199 Å². The molecular formula is C46H38N2O. The van der Waals surface area contributed by atoms with Crippen LogP contribution in [0.15, 0.2) is 186 Å². The van der Waals surface area contributed by atoms with Crippen molar-refractivity contribution in [1.29, 1.82) is 0 Å². The minimum absolute atomic E-state index is 0.606. The fourth-order valence-corrected chi connectivity index (χ4v) is 6.07. The van der Waals surface area contributed by atoms with Crippen molar-refractivity contribution in [2.75, 3.05) is 0 Å². The van der Waals surface area contributed by atoms with Crippen LogP contribution >= 0.6 is 0 Å². The SMILES string of the molecule is N/C(=C\Cc1ccc2c(c1)oc1ccccc12)c1cccc(-c2ccc(-c3ccccc3)cc2)c1.NCc1ccc(-c2ccccc2)cc1. The van der Waals surface area contributed by atoms with E-state index < -0.39 is 0 Å². The molecule has 0 saturated heterocycles. The second-order valence-electron chi connectivity index (χ2n) is 12.1. The normalized spacial score (nSPS) is 11.3. The number of para-hydroxylation sites is 1. The van der Waals surface area contributed by atoms with Gasteiger partial charge in [-0.3, -0.25) is 0 Å². The van der Waals surface area contributed by atoms with Gasteiger partial charge in [0.15, 0.2) is 0 Å². The van der Waals surface area contributed by atoms with E-state index in [9.17, 15) is 0 Å². The smallest absolute Gasteiger partial charge is 0.135 e. The Morgan fingerprint density at radius 3 is 1.61 bits per heavy atom. The van der Waals surface area contributed by atoms with Gasteiger partial charge in [0.2, 0.25) is 0 Å². The monoisotopic (exact) mass is 634 g/mol. The third kappa shape index (κ3) is 7.38. The van der Waals surface area contributed by atoms with E-state index in [1.165, 1.54) is 38.9 Å². The number of nitrogens with two attached hydrogens (primary N) is 2. The highest BCUT2D eigenvalue weighted by Crippen LogP contribution is 2.30. The predicted octanol–water partition coefficient (Wildman–Crippen LogP) is 11.3. The molecule has 0 aliphatic rings. The standard InChI is InChI=1S/C33H25NO.C13H13N/c34-31(20-14-23-13-19-30-29-11-4-5-12-32(29)35-33(30)21-23)28-10-6-9-27(22-28)26-17-15-25(16-18-26)24-7-2-1-3-8-24;14-10-11-6-8-13(9-7-11)12-4-2-1-3-5-12/h1-13,15-22H,14,34H2;1-9H,10,14H2/b31-20-;. The highest BCUT2D eigenvalue weighted by atomic mass is 16.3. The largest absolute Gasteiger partial charge is 0.456 e. The van der Waals surface area contributed by atoms with Gasteiger partial charge in [-0.25, -0.2) is 0 Å². The van der Waals surface area contributed by atoms with Gasteiger partial charge < -0.3 is 15.9 Å². The van der Waals surface area contributed by atoms with Crippen molar-refractivity contribution in [1.82, 2.24) is 0 Å². The maximum atomic E-state index is 6.50. The van der Waals surface area contributed by atoms with Crippen LogP contribution in [-0.2, 0) is 13.0 Å². The van der Waals surface area contributed by atoms with Crippen molar-refractivity contribution < 1.29 is 4.42 Å². The van der Waals surface area contributed by atoms with Crippen LogP contribution in [0.1, 0.15) is 16.7 Å². The van der Waals surface area contributed by atoms with Crippen molar-refractivity contribution >= 4 is 27.6 Å². The number of allylic oxidation sites excluding steroid dienone is 1. The average molecular weight is 635 g/mol. The van der Waals surface area contributed by atoms with Crippen LogP contribution < -0.4 is 11.5 Å². The van der Waals surface area contributed by atoms with Gasteiger partial charge in [0.1, 0.15) is 11.2 Å². The number of hydrogen-bond donors (Lipinski definition) is 2. The lowest BCUT2D eigenvalue weighted by Gasteiger charge is -2.08. The minimum Gasteiger partial charge on any atom is -0.456 e. The third-order valence-corrected chi connectivity index (χ3v) is 8.82. The van der Waals surface area contributed by atoms with Gasteiger partial charge >= 0.3 is 0 Å². The van der Waals surface area contributed by atoms with E-state index in [2.05, 4.69) is 140 Å². The molecule has 3 nitrogen and oxygen atoms in total. The summed E-state index contributed by atoms with van der Waals surface area (Å²) < 4.78 is 6.03. The summed E-state index contributed by atoms with van der Waals surface area (Å²) in [7, 11) is 0. The molecule has 0 amide bonds. The summed E-state index contributed by atoms with van der Waals surface area (Å²) in [5, 5.41) is 2.30. The molecule has 0 fully saturated rings. The van der Waals surface area contributed by atoms with Crippen LogP contribution in [0.25, 0.3) is 61.0 Å². The van der Waals surface area contributed by atoms with Gasteiger partial charge in [-0.1, -0.05) is 164 Å². The van der Waals surface area contributed by atoms with Gasteiger partial charge in [-0.2, -0.15) is 0 Å². The van der Waals surface area contributed by atoms with Crippen molar-refractivity contribution in [2.24, 2.45) is 11.5 Å². The first-order chi connectivity index (χ1) is 24.1. The molecule has 49 heavy (non-hydrogen) atoms. The quantitative estimate of drug-likeness (QED) is 0.183. The summed E-state index contributed by atoms with van der Waals surface area (Å²) in [6.07, 6.45) is 2.83. The highest BCUT2D eigenvalue weighted by molar-refractivity contribution is 6.04. The molecule has 0 saturated carbocycles. The molecule has 0 radical (unpaired) electrons. The number of fused-ring (bicyclic) bond motifs is 3. The minimum atomic E-state index is 0.606. The Bertz CT molecular complexity index is 2320. The third-order valence-electron chi connectivity index (χ3n) is 8.82. The number of hydrogen-bond acceptors (Lipinski definition) is 3. The molecule has 1 heterocycles. The zero-order valence-electron chi connectivity index (χ0n) is 27.3. The summed E-state index contributed by atoms with van der Waals surface area (Å²) >= 11 is 0. The van der Waals surface area contributed by atoms with Crippen LogP contribution in [0.5, 0.6) is 0 Å². The molecule has 0 atom stereocenters. The van der Waals surface area contributed by atoms with Crippen LogP contribution in [0, 0.1) is 0 Å². The lowest BCUT2D eigenvalue weighted by atomic mass is 9.98. The van der Waals surface area contributed by atoms with Crippen LogP contribution in [0.2, 0.25) is 0 Å². The Morgan fingerprint density at radius 2 is 0.959 bits per heavy atom. The first-order valence-electron chi connectivity index (χ1n) is 16.6. The van der Waals surface area contributed by atoms with Gasteiger partial charge in [0, 0.05) is 23.0 Å². The van der Waals surface area contributed by atoms with Crippen LogP contribution in [0.4, 0.5) is 0 Å². The summed E-state index contributed by atoms with van der Waals surface area (Å²) in [6, 6.07) is 60.8. The van der Waals surface area contributed by atoms with E-state index in [-0.39, 0.29) is 0 Å². The fraction of sp³-hybridized carbons (Fsp3) is 0.0435. The molecule has 0 spiro atoms. The van der Waals surface area contributed by atoms with Crippen LogP contribution in [0.3, 0.4) is 0 Å². The molecule has 8 aromatic rings. The maximum absolute atomic E-state index is 6.50. The van der Waals surface area contributed by atoms with Crippen LogP contribution in [-0.4, -0.2) is 0 Å². The first-order valence-corrected chi connectivity index (χ1v) is 16.6. The molecule has 238 valence electrons. The van der Waals surface area contributed by atoms with E-state index in [4.69, 9.17) is 15.9 Å².